The molecular formula is C7H15NO2S. The Morgan fingerprint density at radius 1 is 1.73 bits per heavy atom. The van der Waals surface area contributed by atoms with Crippen molar-refractivity contribution < 1.29 is 9.90 Å². The second kappa shape index (κ2) is 6.49. The van der Waals surface area contributed by atoms with Crippen LogP contribution in [0.1, 0.15) is 13.3 Å². The molecule has 0 heterocycles. The number of carbonyl (C=O) groups excluding carboxylic acids is 1. The summed E-state index contributed by atoms with van der Waals surface area (Å²) in [4.78, 5) is 10.9. The molecule has 0 fully saturated rings. The standard InChI is InChI=1S/C7H15NO2S/c1-6(5-9)8-7(10)3-4-11-2/h6,9H,3-5H2,1-2H3,(H,8,10)/t6-/m0/s1. The molecule has 0 radical (unpaired) electrons. The molecule has 0 spiro atoms. The van der Waals surface area contributed by atoms with E-state index in [-0.39, 0.29) is 18.6 Å². The van der Waals surface area contributed by atoms with Gasteiger partial charge >= 0.3 is 0 Å². The zero-order chi connectivity index (χ0) is 8.69. The molecule has 0 aliphatic heterocycles. The Labute approximate surface area is 71.6 Å². The first-order valence-corrected chi connectivity index (χ1v) is 4.99. The van der Waals surface area contributed by atoms with Crippen molar-refractivity contribution in [3.63, 3.8) is 0 Å². The monoisotopic (exact) mass is 177 g/mol. The van der Waals surface area contributed by atoms with Gasteiger partial charge in [0.05, 0.1) is 6.61 Å². The lowest BCUT2D eigenvalue weighted by Crippen LogP contribution is -2.35. The highest BCUT2D eigenvalue weighted by atomic mass is 32.2. The number of carbonyl (C=O) groups is 1. The second-order valence-corrected chi connectivity index (χ2v) is 3.38. The summed E-state index contributed by atoms with van der Waals surface area (Å²) in [5.41, 5.74) is 0. The molecule has 0 unspecified atom stereocenters. The predicted molar refractivity (Wildman–Crippen MR) is 47.7 cm³/mol. The van der Waals surface area contributed by atoms with Crippen LogP contribution >= 0.6 is 11.8 Å². The van der Waals surface area contributed by atoms with E-state index >= 15 is 0 Å². The van der Waals surface area contributed by atoms with Gasteiger partial charge in [0.15, 0.2) is 0 Å². The molecule has 0 saturated carbocycles. The number of aliphatic hydroxyl groups excluding tert-OH is 1. The summed E-state index contributed by atoms with van der Waals surface area (Å²) >= 11 is 1.64. The van der Waals surface area contributed by atoms with Gasteiger partial charge in [0, 0.05) is 18.2 Å². The number of hydrogen-bond donors (Lipinski definition) is 2. The number of thioether (sulfide) groups is 1. The van der Waals surface area contributed by atoms with Crippen molar-refractivity contribution in [3.05, 3.63) is 0 Å². The van der Waals surface area contributed by atoms with Crippen LogP contribution in [-0.4, -0.2) is 35.7 Å². The maximum Gasteiger partial charge on any atom is 0.221 e. The quantitative estimate of drug-likeness (QED) is 0.632. The Hall–Kier alpha value is -0.220. The lowest BCUT2D eigenvalue weighted by atomic mass is 10.3. The molecule has 0 aromatic carbocycles. The van der Waals surface area contributed by atoms with E-state index in [2.05, 4.69) is 5.32 Å². The zero-order valence-corrected chi connectivity index (χ0v) is 7.78. The van der Waals surface area contributed by atoms with Crippen molar-refractivity contribution in [2.75, 3.05) is 18.6 Å². The molecule has 0 aliphatic rings. The highest BCUT2D eigenvalue weighted by molar-refractivity contribution is 7.98. The highest BCUT2D eigenvalue weighted by Gasteiger charge is 2.04. The third-order valence-corrected chi connectivity index (χ3v) is 1.83. The summed E-state index contributed by atoms with van der Waals surface area (Å²) in [5.74, 6) is 0.852. The van der Waals surface area contributed by atoms with Crippen molar-refractivity contribution in [3.8, 4) is 0 Å². The normalized spacial score (nSPS) is 12.6. The average molecular weight is 177 g/mol. The Kier molecular flexibility index (Phi) is 6.36. The van der Waals surface area contributed by atoms with Crippen molar-refractivity contribution in [1.29, 1.82) is 0 Å². The lowest BCUT2D eigenvalue weighted by molar-refractivity contribution is -0.121. The molecule has 0 rings (SSSR count). The molecule has 3 nitrogen and oxygen atoms in total. The first kappa shape index (κ1) is 10.8. The number of nitrogens with one attached hydrogen (secondary N) is 1. The summed E-state index contributed by atoms with van der Waals surface area (Å²) in [5, 5.41) is 11.3. The van der Waals surface area contributed by atoms with Crippen molar-refractivity contribution in [2.24, 2.45) is 0 Å². The Bertz CT molecular complexity index is 119. The van der Waals surface area contributed by atoms with Gasteiger partial charge in [0.2, 0.25) is 5.91 Å². The fraction of sp³-hybridized carbons (Fsp3) is 0.857. The molecule has 0 bridgehead atoms. The van der Waals surface area contributed by atoms with Gasteiger partial charge in [-0.2, -0.15) is 11.8 Å². The van der Waals surface area contributed by atoms with Gasteiger partial charge in [-0.25, -0.2) is 0 Å². The van der Waals surface area contributed by atoms with E-state index in [1.807, 2.05) is 6.26 Å². The molecule has 66 valence electrons. The van der Waals surface area contributed by atoms with E-state index in [9.17, 15) is 4.79 Å². The fourth-order valence-corrected chi connectivity index (χ4v) is 0.977. The summed E-state index contributed by atoms with van der Waals surface area (Å²) in [6.45, 7) is 1.78. The van der Waals surface area contributed by atoms with E-state index < -0.39 is 0 Å². The van der Waals surface area contributed by atoms with Crippen LogP contribution in [0.5, 0.6) is 0 Å². The minimum Gasteiger partial charge on any atom is -0.394 e. The fourth-order valence-electron chi connectivity index (χ4n) is 0.587. The summed E-state index contributed by atoms with van der Waals surface area (Å²) in [7, 11) is 0. The summed E-state index contributed by atoms with van der Waals surface area (Å²) < 4.78 is 0. The van der Waals surface area contributed by atoms with Crippen molar-refractivity contribution in [2.45, 2.75) is 19.4 Å². The van der Waals surface area contributed by atoms with E-state index in [0.717, 1.165) is 5.75 Å². The molecule has 11 heavy (non-hydrogen) atoms. The minimum atomic E-state index is -0.121. The van der Waals surface area contributed by atoms with Crippen LogP contribution in [0, 0.1) is 0 Å². The molecular weight excluding hydrogens is 162 g/mol. The maximum absolute atomic E-state index is 10.9. The third kappa shape index (κ3) is 6.19. The number of amides is 1. The van der Waals surface area contributed by atoms with Crippen LogP contribution in [0.2, 0.25) is 0 Å². The van der Waals surface area contributed by atoms with Crippen LogP contribution in [0.25, 0.3) is 0 Å². The maximum atomic E-state index is 10.9. The Morgan fingerprint density at radius 3 is 2.82 bits per heavy atom. The van der Waals surface area contributed by atoms with Crippen LogP contribution in [0.3, 0.4) is 0 Å². The smallest absolute Gasteiger partial charge is 0.221 e. The molecule has 1 atom stereocenters. The number of aliphatic hydroxyl groups is 1. The molecule has 0 aromatic heterocycles. The van der Waals surface area contributed by atoms with E-state index in [0.29, 0.717) is 6.42 Å². The lowest BCUT2D eigenvalue weighted by Gasteiger charge is -2.09. The number of rotatable bonds is 5. The topological polar surface area (TPSA) is 49.3 Å². The average Bonchev–Trinajstić information content (AvgIpc) is 2.00. The largest absolute Gasteiger partial charge is 0.394 e. The van der Waals surface area contributed by atoms with Gasteiger partial charge in [-0.1, -0.05) is 0 Å². The molecule has 1 amide bonds. The molecule has 2 N–H and O–H groups in total. The van der Waals surface area contributed by atoms with Gasteiger partial charge in [0.25, 0.3) is 0 Å². The van der Waals surface area contributed by atoms with Crippen LogP contribution in [0.15, 0.2) is 0 Å². The number of hydrogen-bond acceptors (Lipinski definition) is 3. The summed E-state index contributed by atoms with van der Waals surface area (Å²) in [6.07, 6.45) is 2.49. The minimum absolute atomic E-state index is 0.00497. The molecule has 0 aliphatic carbocycles. The van der Waals surface area contributed by atoms with Gasteiger partial charge in [0.1, 0.15) is 0 Å². The SMILES string of the molecule is CSCCC(=O)N[C@@H](C)CO. The molecule has 4 heteroatoms. The Balaban J connectivity index is 3.36. The zero-order valence-electron chi connectivity index (χ0n) is 6.96. The van der Waals surface area contributed by atoms with Crippen molar-refractivity contribution >= 4 is 17.7 Å². The molecule has 0 saturated heterocycles. The first-order valence-electron chi connectivity index (χ1n) is 3.60. The summed E-state index contributed by atoms with van der Waals surface area (Å²) in [6, 6.07) is -0.121. The first-order chi connectivity index (χ1) is 5.20. The van der Waals surface area contributed by atoms with Crippen molar-refractivity contribution in [1.82, 2.24) is 5.32 Å². The second-order valence-electron chi connectivity index (χ2n) is 2.39. The highest BCUT2D eigenvalue weighted by Crippen LogP contribution is 1.95. The van der Waals surface area contributed by atoms with Gasteiger partial charge < -0.3 is 10.4 Å². The van der Waals surface area contributed by atoms with Crippen LogP contribution in [0.4, 0.5) is 0 Å². The van der Waals surface area contributed by atoms with Crippen LogP contribution < -0.4 is 5.32 Å². The van der Waals surface area contributed by atoms with E-state index in [1.54, 1.807) is 18.7 Å². The van der Waals surface area contributed by atoms with Gasteiger partial charge in [-0.05, 0) is 13.2 Å². The van der Waals surface area contributed by atoms with E-state index in [1.165, 1.54) is 0 Å². The molecule has 0 aromatic rings. The third-order valence-electron chi connectivity index (χ3n) is 1.21. The van der Waals surface area contributed by atoms with E-state index in [4.69, 9.17) is 5.11 Å². The van der Waals surface area contributed by atoms with Crippen LogP contribution in [-0.2, 0) is 4.79 Å². The van der Waals surface area contributed by atoms with Gasteiger partial charge in [-0.15, -0.1) is 0 Å². The van der Waals surface area contributed by atoms with Gasteiger partial charge in [-0.3, -0.25) is 4.79 Å². The predicted octanol–water partition coefficient (Wildman–Crippen LogP) is 0.236. The Morgan fingerprint density at radius 2 is 2.36 bits per heavy atom.